The Bertz CT molecular complexity index is 880. The maximum absolute atomic E-state index is 13.6. The molecular formula is C20H23FN2O5. The van der Waals surface area contributed by atoms with Crippen molar-refractivity contribution in [2.24, 2.45) is 0 Å². The van der Waals surface area contributed by atoms with Crippen LogP contribution in [0, 0.1) is 6.92 Å². The number of halogens is 1. The van der Waals surface area contributed by atoms with Crippen molar-refractivity contribution in [1.82, 2.24) is 4.90 Å². The van der Waals surface area contributed by atoms with Gasteiger partial charge in [-0.25, -0.2) is 4.39 Å². The molecule has 0 saturated carbocycles. The van der Waals surface area contributed by atoms with Gasteiger partial charge in [-0.05, 0) is 37.5 Å². The molecule has 2 N–H and O–H groups in total. The number of carbonyl (C=O) groups excluding carboxylic acids is 3. The number of anilines is 1. The number of hydrogen-bond acceptors (Lipinski definition) is 6. The molecule has 1 unspecified atom stereocenters. The lowest BCUT2D eigenvalue weighted by molar-refractivity contribution is -0.116. The summed E-state index contributed by atoms with van der Waals surface area (Å²) in [5.74, 6) is -1.81. The van der Waals surface area contributed by atoms with Gasteiger partial charge in [0, 0.05) is 24.9 Å². The average Bonchev–Trinajstić information content (AvgIpc) is 2.65. The molecule has 1 aliphatic heterocycles. The van der Waals surface area contributed by atoms with Crippen molar-refractivity contribution in [3.63, 3.8) is 0 Å². The summed E-state index contributed by atoms with van der Waals surface area (Å²) in [5, 5.41) is 20.4. The van der Waals surface area contributed by atoms with E-state index in [1.807, 2.05) is 6.92 Å². The average molecular weight is 390 g/mol. The zero-order valence-electron chi connectivity index (χ0n) is 15.9. The quantitative estimate of drug-likeness (QED) is 0.456. The van der Waals surface area contributed by atoms with Gasteiger partial charge in [0.25, 0.3) is 5.91 Å². The van der Waals surface area contributed by atoms with Gasteiger partial charge in [0.2, 0.25) is 6.35 Å². The maximum atomic E-state index is 13.6. The minimum Gasteiger partial charge on any atom is -0.511 e. The van der Waals surface area contributed by atoms with Crippen molar-refractivity contribution < 1.29 is 29.0 Å². The van der Waals surface area contributed by atoms with E-state index < -0.39 is 30.6 Å². The Morgan fingerprint density at radius 3 is 2.57 bits per heavy atom. The van der Waals surface area contributed by atoms with E-state index in [0.29, 0.717) is 12.8 Å². The summed E-state index contributed by atoms with van der Waals surface area (Å²) >= 11 is 0. The van der Waals surface area contributed by atoms with Crippen LogP contribution in [-0.2, 0) is 4.79 Å². The molecule has 0 bridgehead atoms. The molecule has 0 saturated heterocycles. The molecule has 2 aliphatic rings. The van der Waals surface area contributed by atoms with Gasteiger partial charge in [-0.2, -0.15) is 0 Å². The molecule has 8 heteroatoms. The smallest absolute Gasteiger partial charge is 0.259 e. The van der Waals surface area contributed by atoms with E-state index in [-0.39, 0.29) is 53.1 Å². The first kappa shape index (κ1) is 20.0. The number of carbonyl (C=O) groups is 3. The third kappa shape index (κ3) is 3.07. The van der Waals surface area contributed by atoms with Crippen LogP contribution in [0.3, 0.4) is 0 Å². The Morgan fingerprint density at radius 2 is 1.96 bits per heavy atom. The van der Waals surface area contributed by atoms with Crippen molar-refractivity contribution >= 4 is 23.2 Å². The molecule has 7 nitrogen and oxygen atoms in total. The van der Waals surface area contributed by atoms with Crippen molar-refractivity contribution in [2.75, 3.05) is 18.2 Å². The summed E-state index contributed by atoms with van der Waals surface area (Å²) in [5.41, 5.74) is 0.457. The molecule has 1 aromatic carbocycles. The molecule has 1 atom stereocenters. The fraction of sp³-hybridized carbons (Fsp3) is 0.450. The van der Waals surface area contributed by atoms with E-state index in [0.717, 1.165) is 9.80 Å². The maximum Gasteiger partial charge on any atom is 0.259 e. The van der Waals surface area contributed by atoms with Gasteiger partial charge in [0.15, 0.2) is 18.4 Å². The van der Waals surface area contributed by atoms with Gasteiger partial charge in [-0.15, -0.1) is 0 Å². The molecule has 28 heavy (non-hydrogen) atoms. The first-order valence-corrected chi connectivity index (χ1v) is 9.28. The SMILES string of the molecule is CCCN1C(=O)c2c(ccc(C(=O)C3=C(O)CCCC3=O)c2C)N(CF)C1O. The fourth-order valence-electron chi connectivity index (χ4n) is 3.80. The second kappa shape index (κ2) is 7.71. The molecule has 150 valence electrons. The van der Waals surface area contributed by atoms with Crippen LogP contribution in [0.4, 0.5) is 10.1 Å². The second-order valence-electron chi connectivity index (χ2n) is 6.99. The van der Waals surface area contributed by atoms with Crippen molar-refractivity contribution in [2.45, 2.75) is 45.9 Å². The van der Waals surface area contributed by atoms with E-state index in [2.05, 4.69) is 0 Å². The topological polar surface area (TPSA) is 98.2 Å². The molecule has 1 aromatic rings. The summed E-state index contributed by atoms with van der Waals surface area (Å²) in [6, 6.07) is 2.79. The van der Waals surface area contributed by atoms with Crippen LogP contribution in [0.2, 0.25) is 0 Å². The monoisotopic (exact) mass is 390 g/mol. The number of Topliss-reactive ketones (excluding diaryl/α,β-unsaturated/α-hetero) is 2. The molecule has 0 aromatic heterocycles. The number of allylic oxidation sites excluding steroid dienone is 2. The zero-order valence-corrected chi connectivity index (χ0v) is 15.9. The van der Waals surface area contributed by atoms with Gasteiger partial charge in [0.1, 0.15) is 11.3 Å². The van der Waals surface area contributed by atoms with Crippen molar-refractivity contribution in [1.29, 1.82) is 0 Å². The predicted octanol–water partition coefficient (Wildman–Crippen LogP) is 2.62. The zero-order chi connectivity index (χ0) is 20.6. The Hall–Kier alpha value is -2.74. The van der Waals surface area contributed by atoms with Crippen LogP contribution < -0.4 is 4.90 Å². The Kier molecular flexibility index (Phi) is 5.51. The van der Waals surface area contributed by atoms with Gasteiger partial charge in [0.05, 0.1) is 11.3 Å². The lowest BCUT2D eigenvalue weighted by Gasteiger charge is -2.41. The summed E-state index contributed by atoms with van der Waals surface area (Å²) < 4.78 is 13.6. The summed E-state index contributed by atoms with van der Waals surface area (Å²) in [6.45, 7) is 2.58. The molecule has 1 heterocycles. The lowest BCUT2D eigenvalue weighted by atomic mass is 9.87. The highest BCUT2D eigenvalue weighted by Gasteiger charge is 2.39. The highest BCUT2D eigenvalue weighted by atomic mass is 19.1. The van der Waals surface area contributed by atoms with Crippen LogP contribution in [-0.4, -0.2) is 52.3 Å². The molecule has 1 aliphatic carbocycles. The normalized spacial score (nSPS) is 19.9. The number of alkyl halides is 1. The highest BCUT2D eigenvalue weighted by molar-refractivity contribution is 6.27. The van der Waals surface area contributed by atoms with Gasteiger partial charge in [-0.3, -0.25) is 24.2 Å². The third-order valence-electron chi connectivity index (χ3n) is 5.23. The number of ketones is 2. The highest BCUT2D eigenvalue weighted by Crippen LogP contribution is 2.35. The summed E-state index contributed by atoms with van der Waals surface area (Å²) in [4.78, 5) is 40.3. The number of amides is 1. The van der Waals surface area contributed by atoms with Crippen LogP contribution in [0.15, 0.2) is 23.5 Å². The number of rotatable bonds is 5. The van der Waals surface area contributed by atoms with E-state index in [1.54, 1.807) is 6.92 Å². The third-order valence-corrected chi connectivity index (χ3v) is 5.23. The van der Waals surface area contributed by atoms with Crippen LogP contribution in [0.25, 0.3) is 0 Å². The summed E-state index contributed by atoms with van der Waals surface area (Å²) in [6.07, 6.45) is 0.0450. The van der Waals surface area contributed by atoms with Gasteiger partial charge >= 0.3 is 0 Å². The Morgan fingerprint density at radius 1 is 1.25 bits per heavy atom. The molecule has 0 spiro atoms. The fourth-order valence-corrected chi connectivity index (χ4v) is 3.80. The number of hydrogen-bond donors (Lipinski definition) is 2. The van der Waals surface area contributed by atoms with Crippen molar-refractivity contribution in [3.05, 3.63) is 40.2 Å². The number of benzene rings is 1. The van der Waals surface area contributed by atoms with Crippen LogP contribution >= 0.6 is 0 Å². The number of aliphatic hydroxyl groups is 2. The molecule has 3 rings (SSSR count). The number of fused-ring (bicyclic) bond motifs is 1. The molecule has 0 fully saturated rings. The van der Waals surface area contributed by atoms with Crippen LogP contribution in [0.5, 0.6) is 0 Å². The molecular weight excluding hydrogens is 367 g/mol. The molecule has 0 radical (unpaired) electrons. The first-order valence-electron chi connectivity index (χ1n) is 9.28. The number of aliphatic hydroxyl groups excluding tert-OH is 2. The van der Waals surface area contributed by atoms with Gasteiger partial charge in [-0.1, -0.05) is 6.92 Å². The van der Waals surface area contributed by atoms with E-state index in [4.69, 9.17) is 0 Å². The summed E-state index contributed by atoms with van der Waals surface area (Å²) in [7, 11) is 0. The largest absolute Gasteiger partial charge is 0.511 e. The van der Waals surface area contributed by atoms with Gasteiger partial charge < -0.3 is 10.2 Å². The lowest BCUT2D eigenvalue weighted by Crippen LogP contribution is -2.55. The Labute approximate surface area is 162 Å². The minimum absolute atomic E-state index is 0.107. The first-order chi connectivity index (χ1) is 13.3. The van der Waals surface area contributed by atoms with E-state index >= 15 is 0 Å². The predicted molar refractivity (Wildman–Crippen MR) is 99.8 cm³/mol. The van der Waals surface area contributed by atoms with E-state index in [1.165, 1.54) is 12.1 Å². The minimum atomic E-state index is -1.43. The number of nitrogens with zero attached hydrogens (tertiary/aromatic N) is 2. The molecule has 1 amide bonds. The van der Waals surface area contributed by atoms with Crippen LogP contribution in [0.1, 0.15) is 58.9 Å². The van der Waals surface area contributed by atoms with E-state index in [9.17, 15) is 29.0 Å². The second-order valence-corrected chi connectivity index (χ2v) is 6.99. The standard InChI is InChI=1S/C20H23FN2O5/c1-3-9-22-19(27)16-11(2)12(7-8-13(16)23(10-21)20(22)28)18(26)17-14(24)5-4-6-15(17)25/h7-8,20,24,28H,3-6,9-10H2,1-2H3. The Balaban J connectivity index is 2.13. The van der Waals surface area contributed by atoms with Crippen molar-refractivity contribution in [3.8, 4) is 0 Å².